The zero-order valence-electron chi connectivity index (χ0n) is 14.5. The van der Waals surface area contributed by atoms with Crippen LogP contribution in [0.15, 0.2) is 54.9 Å². The van der Waals surface area contributed by atoms with E-state index in [1.54, 1.807) is 18.5 Å². The van der Waals surface area contributed by atoms with E-state index in [1.165, 1.54) is 0 Å². The molecule has 7 heteroatoms. The van der Waals surface area contributed by atoms with Gasteiger partial charge in [-0.1, -0.05) is 42.5 Å². The largest absolute Gasteiger partial charge is 0.334 e. The van der Waals surface area contributed by atoms with Gasteiger partial charge in [-0.3, -0.25) is 4.90 Å². The van der Waals surface area contributed by atoms with Crippen LogP contribution in [0, 0.1) is 0 Å². The Bertz CT molecular complexity index is 871. The van der Waals surface area contributed by atoms with Crippen molar-refractivity contribution in [3.63, 3.8) is 0 Å². The zero-order valence-corrected chi connectivity index (χ0v) is 15.3. The van der Waals surface area contributed by atoms with Crippen molar-refractivity contribution in [1.29, 1.82) is 0 Å². The highest BCUT2D eigenvalue weighted by Gasteiger charge is 2.46. The van der Waals surface area contributed by atoms with Crippen molar-refractivity contribution in [2.45, 2.75) is 12.1 Å². The van der Waals surface area contributed by atoms with Crippen LogP contribution in [0.2, 0.25) is 0 Å². The van der Waals surface area contributed by atoms with E-state index < -0.39 is 9.84 Å². The highest BCUT2D eigenvalue weighted by atomic mass is 32.2. The second-order valence-corrected chi connectivity index (χ2v) is 8.92. The van der Waals surface area contributed by atoms with Crippen molar-refractivity contribution in [2.24, 2.45) is 0 Å². The number of hydrogen-bond donors (Lipinski definition) is 0. The Morgan fingerprint density at radius 1 is 1.00 bits per heavy atom. The number of anilines is 1. The molecule has 1 aromatic carbocycles. The van der Waals surface area contributed by atoms with Crippen LogP contribution in [0.3, 0.4) is 0 Å². The van der Waals surface area contributed by atoms with E-state index in [0.29, 0.717) is 5.95 Å². The van der Waals surface area contributed by atoms with Gasteiger partial charge in [0, 0.05) is 38.1 Å². The van der Waals surface area contributed by atoms with Crippen molar-refractivity contribution in [2.75, 3.05) is 36.0 Å². The predicted molar refractivity (Wildman–Crippen MR) is 103 cm³/mol. The van der Waals surface area contributed by atoms with E-state index in [4.69, 9.17) is 0 Å². The SMILES string of the molecule is O=S1(=O)C[C@@H]2[C@H](C1)N(CC=Cc1ccccc1)CCN2c1ncccn1. The first-order valence-corrected chi connectivity index (χ1v) is 10.6. The highest BCUT2D eigenvalue weighted by Crippen LogP contribution is 2.29. The van der Waals surface area contributed by atoms with Crippen LogP contribution in [0.25, 0.3) is 6.08 Å². The van der Waals surface area contributed by atoms with Gasteiger partial charge in [0.1, 0.15) is 0 Å². The molecule has 6 nitrogen and oxygen atoms in total. The van der Waals surface area contributed by atoms with Gasteiger partial charge >= 0.3 is 0 Å². The maximum absolute atomic E-state index is 12.3. The molecular weight excluding hydrogens is 348 g/mol. The molecule has 0 bridgehead atoms. The normalized spacial score (nSPS) is 25.5. The summed E-state index contributed by atoms with van der Waals surface area (Å²) in [4.78, 5) is 13.0. The highest BCUT2D eigenvalue weighted by molar-refractivity contribution is 7.91. The monoisotopic (exact) mass is 370 g/mol. The fourth-order valence-electron chi connectivity index (χ4n) is 3.83. The van der Waals surface area contributed by atoms with E-state index in [9.17, 15) is 8.42 Å². The third kappa shape index (κ3) is 3.64. The third-order valence-electron chi connectivity index (χ3n) is 5.05. The second-order valence-electron chi connectivity index (χ2n) is 6.76. The Kier molecular flexibility index (Phi) is 4.74. The molecule has 0 amide bonds. The summed E-state index contributed by atoms with van der Waals surface area (Å²) < 4.78 is 24.6. The van der Waals surface area contributed by atoms with Gasteiger partial charge in [-0.2, -0.15) is 0 Å². The van der Waals surface area contributed by atoms with Crippen molar-refractivity contribution >= 4 is 21.9 Å². The Balaban J connectivity index is 1.51. The van der Waals surface area contributed by atoms with Gasteiger partial charge in [0.2, 0.25) is 5.95 Å². The number of rotatable bonds is 4. The Labute approximate surface area is 154 Å². The predicted octanol–water partition coefficient (Wildman–Crippen LogP) is 1.48. The van der Waals surface area contributed by atoms with Crippen molar-refractivity contribution in [1.82, 2.24) is 14.9 Å². The lowest BCUT2D eigenvalue weighted by Crippen LogP contribution is -2.59. The summed E-state index contributed by atoms with van der Waals surface area (Å²) in [5.74, 6) is 1.01. The van der Waals surface area contributed by atoms with Crippen molar-refractivity contribution in [3.05, 3.63) is 60.4 Å². The molecule has 0 unspecified atom stereocenters. The Morgan fingerprint density at radius 2 is 1.73 bits per heavy atom. The number of hydrogen-bond acceptors (Lipinski definition) is 6. The van der Waals surface area contributed by atoms with Gasteiger partial charge in [-0.25, -0.2) is 18.4 Å². The molecule has 136 valence electrons. The molecule has 0 aliphatic carbocycles. The smallest absolute Gasteiger partial charge is 0.225 e. The molecule has 0 radical (unpaired) electrons. The van der Waals surface area contributed by atoms with E-state index in [1.807, 2.05) is 18.2 Å². The molecule has 3 heterocycles. The molecule has 0 spiro atoms. The van der Waals surface area contributed by atoms with Crippen molar-refractivity contribution in [3.8, 4) is 0 Å². The average Bonchev–Trinajstić information content (AvgIpc) is 2.99. The number of nitrogens with zero attached hydrogens (tertiary/aromatic N) is 4. The molecule has 26 heavy (non-hydrogen) atoms. The minimum Gasteiger partial charge on any atom is -0.334 e. The molecule has 0 saturated carbocycles. The zero-order chi connectivity index (χ0) is 18.0. The second kappa shape index (κ2) is 7.17. The standard InChI is InChI=1S/C19H22N4O2S/c24-26(25)14-17-18(15-26)23(19-20-9-5-10-21-19)13-12-22(17)11-4-8-16-6-2-1-3-7-16/h1-10,17-18H,11-15H2/t17-,18+/m0/s1. The fraction of sp³-hybridized carbons (Fsp3) is 0.368. The Hall–Kier alpha value is -2.25. The fourth-order valence-corrected chi connectivity index (χ4v) is 5.84. The van der Waals surface area contributed by atoms with Gasteiger partial charge in [-0.15, -0.1) is 0 Å². The lowest BCUT2D eigenvalue weighted by atomic mass is 10.0. The van der Waals surface area contributed by atoms with Crippen molar-refractivity contribution < 1.29 is 8.42 Å². The van der Waals surface area contributed by atoms with Crippen LogP contribution >= 0.6 is 0 Å². The van der Waals surface area contributed by atoms with Crippen LogP contribution in [-0.4, -0.2) is 66.5 Å². The van der Waals surface area contributed by atoms with Crippen LogP contribution < -0.4 is 4.90 Å². The van der Waals surface area contributed by atoms with E-state index in [0.717, 1.165) is 25.2 Å². The molecule has 2 atom stereocenters. The van der Waals surface area contributed by atoms with E-state index in [2.05, 4.69) is 44.1 Å². The molecule has 2 aliphatic rings. The molecule has 2 saturated heterocycles. The minimum absolute atomic E-state index is 0.0158. The number of fused-ring (bicyclic) bond motifs is 1. The number of sulfone groups is 1. The lowest BCUT2D eigenvalue weighted by Gasteiger charge is -2.43. The first-order valence-electron chi connectivity index (χ1n) is 8.82. The summed E-state index contributed by atoms with van der Waals surface area (Å²) in [5.41, 5.74) is 1.15. The summed E-state index contributed by atoms with van der Waals surface area (Å²) >= 11 is 0. The molecule has 2 aliphatic heterocycles. The topological polar surface area (TPSA) is 66.4 Å². The summed E-state index contributed by atoms with van der Waals surface area (Å²) in [7, 11) is -3.04. The number of piperazine rings is 1. The quantitative estimate of drug-likeness (QED) is 0.812. The maximum atomic E-state index is 12.3. The maximum Gasteiger partial charge on any atom is 0.225 e. The van der Waals surface area contributed by atoms with E-state index >= 15 is 0 Å². The molecule has 2 fully saturated rings. The first kappa shape index (κ1) is 17.2. The summed E-state index contributed by atoms with van der Waals surface area (Å²) in [6.45, 7) is 2.28. The van der Waals surface area contributed by atoms with Gasteiger partial charge in [0.15, 0.2) is 9.84 Å². The average molecular weight is 370 g/mol. The van der Waals surface area contributed by atoms with Gasteiger partial charge in [-0.05, 0) is 11.6 Å². The molecule has 1 aromatic heterocycles. The summed E-state index contributed by atoms with van der Waals surface area (Å²) in [6.07, 6.45) is 7.61. The van der Waals surface area contributed by atoms with Crippen LogP contribution in [0.1, 0.15) is 5.56 Å². The molecule has 2 aromatic rings. The van der Waals surface area contributed by atoms with Crippen LogP contribution in [0.5, 0.6) is 0 Å². The first-order chi connectivity index (χ1) is 12.6. The van der Waals surface area contributed by atoms with Gasteiger partial charge < -0.3 is 4.90 Å². The van der Waals surface area contributed by atoms with Crippen LogP contribution in [0.4, 0.5) is 5.95 Å². The number of benzene rings is 1. The summed E-state index contributed by atoms with van der Waals surface area (Å²) in [6, 6.07) is 11.8. The van der Waals surface area contributed by atoms with Gasteiger partial charge in [0.25, 0.3) is 0 Å². The third-order valence-corrected chi connectivity index (χ3v) is 6.75. The van der Waals surface area contributed by atoms with Gasteiger partial charge in [0.05, 0.1) is 17.5 Å². The minimum atomic E-state index is -3.04. The lowest BCUT2D eigenvalue weighted by molar-refractivity contribution is 0.185. The molecule has 4 rings (SSSR count). The van der Waals surface area contributed by atoms with E-state index in [-0.39, 0.29) is 23.6 Å². The molecular formula is C19H22N4O2S. The Morgan fingerprint density at radius 3 is 2.50 bits per heavy atom. The summed E-state index contributed by atoms with van der Waals surface area (Å²) in [5, 5.41) is 0. The number of aromatic nitrogens is 2. The van der Waals surface area contributed by atoms with Crippen LogP contribution in [-0.2, 0) is 9.84 Å². The molecule has 0 N–H and O–H groups in total.